The maximum atomic E-state index is 12.1. The number of nitrogens with zero attached hydrogens (tertiary/aromatic N) is 1. The van der Waals surface area contributed by atoms with Gasteiger partial charge >= 0.3 is 6.03 Å². The first-order valence-electron chi connectivity index (χ1n) is 5.96. The van der Waals surface area contributed by atoms with Gasteiger partial charge in [-0.05, 0) is 37.6 Å². The van der Waals surface area contributed by atoms with Crippen molar-refractivity contribution in [2.75, 3.05) is 19.0 Å². The van der Waals surface area contributed by atoms with Crippen LogP contribution in [0.5, 0.6) is 0 Å². The van der Waals surface area contributed by atoms with E-state index in [4.69, 9.17) is 16.3 Å². The largest absolute Gasteiger partial charge is 0.380 e. The molecular weight excluding hydrogens is 252 g/mol. The number of carbonyl (C=O) groups excluding carboxylic acids is 1. The van der Waals surface area contributed by atoms with E-state index in [1.165, 1.54) is 0 Å². The fourth-order valence-corrected chi connectivity index (χ4v) is 2.29. The second-order valence-electron chi connectivity index (χ2n) is 4.53. The van der Waals surface area contributed by atoms with Gasteiger partial charge in [-0.25, -0.2) is 4.79 Å². The van der Waals surface area contributed by atoms with E-state index in [2.05, 4.69) is 5.32 Å². The monoisotopic (exact) mass is 268 g/mol. The third-order valence-electron chi connectivity index (χ3n) is 3.23. The second-order valence-corrected chi connectivity index (χ2v) is 4.97. The van der Waals surface area contributed by atoms with Gasteiger partial charge in [0, 0.05) is 30.4 Å². The van der Waals surface area contributed by atoms with Gasteiger partial charge in [0.1, 0.15) is 0 Å². The number of methoxy groups -OCH3 is 1. The number of urea groups is 1. The molecule has 4 nitrogen and oxygen atoms in total. The lowest BCUT2D eigenvalue weighted by Crippen LogP contribution is -2.37. The minimum Gasteiger partial charge on any atom is -0.380 e. The van der Waals surface area contributed by atoms with E-state index in [9.17, 15) is 4.79 Å². The zero-order valence-electron chi connectivity index (χ0n) is 10.5. The summed E-state index contributed by atoms with van der Waals surface area (Å²) in [4.78, 5) is 13.9. The number of amides is 2. The predicted molar refractivity (Wildman–Crippen MR) is 72.1 cm³/mol. The van der Waals surface area contributed by atoms with E-state index in [0.29, 0.717) is 11.6 Å². The van der Waals surface area contributed by atoms with E-state index in [-0.39, 0.29) is 18.2 Å². The zero-order valence-corrected chi connectivity index (χ0v) is 11.3. The first-order valence-corrected chi connectivity index (χ1v) is 6.34. The Hall–Kier alpha value is -1.26. The van der Waals surface area contributed by atoms with Gasteiger partial charge in [-0.15, -0.1) is 0 Å². The van der Waals surface area contributed by atoms with Crippen LogP contribution in [0.25, 0.3) is 0 Å². The number of hydrogen-bond donors (Lipinski definition) is 1. The predicted octanol–water partition coefficient (Wildman–Crippen LogP) is 2.98. The van der Waals surface area contributed by atoms with Crippen molar-refractivity contribution in [3.63, 3.8) is 0 Å². The number of anilines is 1. The Labute approximate surface area is 112 Å². The first-order chi connectivity index (χ1) is 8.60. The quantitative estimate of drug-likeness (QED) is 0.896. The molecule has 0 radical (unpaired) electrons. The van der Waals surface area contributed by atoms with Crippen molar-refractivity contribution < 1.29 is 9.53 Å². The Morgan fingerprint density at radius 2 is 2.11 bits per heavy atom. The van der Waals surface area contributed by atoms with E-state index >= 15 is 0 Å². The molecule has 1 aromatic carbocycles. The van der Waals surface area contributed by atoms with Crippen molar-refractivity contribution >= 4 is 23.3 Å². The number of benzene rings is 1. The van der Waals surface area contributed by atoms with Gasteiger partial charge in [0.25, 0.3) is 0 Å². The van der Waals surface area contributed by atoms with Gasteiger partial charge in [0.15, 0.2) is 0 Å². The van der Waals surface area contributed by atoms with Crippen LogP contribution < -0.4 is 5.32 Å². The third kappa shape index (κ3) is 2.94. The van der Waals surface area contributed by atoms with Crippen LogP contribution in [0.3, 0.4) is 0 Å². The van der Waals surface area contributed by atoms with Crippen molar-refractivity contribution in [1.82, 2.24) is 4.90 Å². The molecule has 0 saturated carbocycles. The maximum Gasteiger partial charge on any atom is 0.322 e. The topological polar surface area (TPSA) is 41.6 Å². The lowest BCUT2D eigenvalue weighted by Gasteiger charge is -2.21. The molecule has 1 saturated heterocycles. The molecule has 1 aliphatic heterocycles. The van der Waals surface area contributed by atoms with Crippen molar-refractivity contribution in [3.8, 4) is 0 Å². The summed E-state index contributed by atoms with van der Waals surface area (Å²) in [5.74, 6) is 0. The molecule has 18 heavy (non-hydrogen) atoms. The summed E-state index contributed by atoms with van der Waals surface area (Å²) in [5.41, 5.74) is 0.748. The molecule has 0 unspecified atom stereocenters. The van der Waals surface area contributed by atoms with Crippen LogP contribution in [0.4, 0.5) is 10.5 Å². The average Bonchev–Trinajstić information content (AvgIpc) is 2.73. The number of carbonyl (C=O) groups is 1. The molecule has 0 aliphatic carbocycles. The SMILES string of the molecule is CO[C@@H]1C[C@H](C)N(C(=O)Nc2ccc(Cl)cc2)C1. The number of halogens is 1. The molecule has 1 heterocycles. The van der Waals surface area contributed by atoms with E-state index in [1.807, 2.05) is 6.92 Å². The zero-order chi connectivity index (χ0) is 13.1. The van der Waals surface area contributed by atoms with Crippen LogP contribution in [0.15, 0.2) is 24.3 Å². The van der Waals surface area contributed by atoms with Crippen LogP contribution >= 0.6 is 11.6 Å². The van der Waals surface area contributed by atoms with Crippen LogP contribution in [-0.4, -0.2) is 36.7 Å². The summed E-state index contributed by atoms with van der Waals surface area (Å²) in [5, 5.41) is 3.51. The molecule has 1 aliphatic rings. The summed E-state index contributed by atoms with van der Waals surface area (Å²) in [6.45, 7) is 2.66. The van der Waals surface area contributed by atoms with Crippen LogP contribution in [0, 0.1) is 0 Å². The highest BCUT2D eigenvalue weighted by Crippen LogP contribution is 2.21. The molecule has 5 heteroatoms. The molecule has 2 atom stereocenters. The molecular formula is C13H17ClN2O2. The first kappa shape index (κ1) is 13.2. The Balaban J connectivity index is 1.98. The number of rotatable bonds is 2. The smallest absolute Gasteiger partial charge is 0.322 e. The Morgan fingerprint density at radius 3 is 2.67 bits per heavy atom. The highest BCUT2D eigenvalue weighted by molar-refractivity contribution is 6.30. The van der Waals surface area contributed by atoms with Crippen LogP contribution in [0.2, 0.25) is 5.02 Å². The van der Waals surface area contributed by atoms with Gasteiger partial charge in [-0.2, -0.15) is 0 Å². The summed E-state index contributed by atoms with van der Waals surface area (Å²) < 4.78 is 5.29. The average molecular weight is 269 g/mol. The van der Waals surface area contributed by atoms with Gasteiger partial charge in [0.2, 0.25) is 0 Å². The molecule has 1 fully saturated rings. The van der Waals surface area contributed by atoms with Gasteiger partial charge in [-0.3, -0.25) is 0 Å². The Kier molecular flexibility index (Phi) is 4.09. The summed E-state index contributed by atoms with van der Waals surface area (Å²) in [7, 11) is 1.68. The normalized spacial score (nSPS) is 23.2. The molecule has 1 N–H and O–H groups in total. The van der Waals surface area contributed by atoms with Crippen molar-refractivity contribution in [2.45, 2.75) is 25.5 Å². The fourth-order valence-electron chi connectivity index (χ4n) is 2.16. The van der Waals surface area contributed by atoms with E-state index in [1.54, 1.807) is 36.3 Å². The molecule has 98 valence electrons. The number of nitrogens with one attached hydrogen (secondary N) is 1. The van der Waals surface area contributed by atoms with Crippen molar-refractivity contribution in [1.29, 1.82) is 0 Å². The lowest BCUT2D eigenvalue weighted by atomic mass is 10.2. The van der Waals surface area contributed by atoms with E-state index < -0.39 is 0 Å². The Morgan fingerprint density at radius 1 is 1.44 bits per heavy atom. The minimum atomic E-state index is -0.0932. The maximum absolute atomic E-state index is 12.1. The molecule has 1 aromatic rings. The van der Waals surface area contributed by atoms with Crippen molar-refractivity contribution in [3.05, 3.63) is 29.3 Å². The van der Waals surface area contributed by atoms with Crippen LogP contribution in [-0.2, 0) is 4.74 Å². The standard InChI is InChI=1S/C13H17ClN2O2/c1-9-7-12(18-2)8-16(9)13(17)15-11-5-3-10(14)4-6-11/h3-6,9,12H,7-8H2,1-2H3,(H,15,17)/t9-,12+/m0/s1. The van der Waals surface area contributed by atoms with E-state index in [0.717, 1.165) is 12.1 Å². The molecule has 0 spiro atoms. The minimum absolute atomic E-state index is 0.0932. The van der Waals surface area contributed by atoms with Gasteiger partial charge in [0.05, 0.1) is 6.10 Å². The number of hydrogen-bond acceptors (Lipinski definition) is 2. The summed E-state index contributed by atoms with van der Waals surface area (Å²) >= 11 is 5.80. The van der Waals surface area contributed by atoms with Gasteiger partial charge in [-0.1, -0.05) is 11.6 Å². The van der Waals surface area contributed by atoms with Gasteiger partial charge < -0.3 is 15.0 Å². The highest BCUT2D eigenvalue weighted by Gasteiger charge is 2.32. The fraction of sp³-hybridized carbons (Fsp3) is 0.462. The number of ether oxygens (including phenoxy) is 1. The molecule has 2 amide bonds. The summed E-state index contributed by atoms with van der Waals surface area (Å²) in [6, 6.07) is 7.18. The Bertz CT molecular complexity index is 422. The third-order valence-corrected chi connectivity index (χ3v) is 3.48. The highest BCUT2D eigenvalue weighted by atomic mass is 35.5. The molecule has 2 rings (SSSR count). The lowest BCUT2D eigenvalue weighted by molar-refractivity contribution is 0.111. The second kappa shape index (κ2) is 5.59. The number of likely N-dealkylation sites (tertiary alicyclic amines) is 1. The molecule has 0 bridgehead atoms. The van der Waals surface area contributed by atoms with Crippen LogP contribution in [0.1, 0.15) is 13.3 Å². The summed E-state index contributed by atoms with van der Waals surface area (Å²) in [6.07, 6.45) is 1.01. The van der Waals surface area contributed by atoms with Crippen molar-refractivity contribution in [2.24, 2.45) is 0 Å². The molecule has 0 aromatic heterocycles.